The van der Waals surface area contributed by atoms with Crippen LogP contribution in [0.4, 0.5) is 13.2 Å². The van der Waals surface area contributed by atoms with Crippen molar-refractivity contribution in [2.45, 2.75) is 12.7 Å². The number of rotatable bonds is 3. The number of hydrogen-bond acceptors (Lipinski definition) is 2. The molecule has 0 unspecified atom stereocenters. The maximum absolute atomic E-state index is 12.7. The van der Waals surface area contributed by atoms with Gasteiger partial charge >= 0.3 is 6.18 Å². The molecule has 0 amide bonds. The Labute approximate surface area is 118 Å². The van der Waals surface area contributed by atoms with Gasteiger partial charge in [-0.1, -0.05) is 23.7 Å². The van der Waals surface area contributed by atoms with E-state index in [1.807, 2.05) is 0 Å². The van der Waals surface area contributed by atoms with Crippen LogP contribution in [-0.4, -0.2) is 0 Å². The number of halogens is 4. The van der Waals surface area contributed by atoms with Crippen molar-refractivity contribution in [3.8, 4) is 11.5 Å². The molecule has 0 atom stereocenters. The molecule has 20 heavy (non-hydrogen) atoms. The van der Waals surface area contributed by atoms with Crippen LogP contribution in [0.5, 0.6) is 11.5 Å². The van der Waals surface area contributed by atoms with E-state index in [9.17, 15) is 13.2 Å². The topological polar surface area (TPSA) is 35.2 Å². The molecule has 0 saturated heterocycles. The van der Waals surface area contributed by atoms with Crippen molar-refractivity contribution in [2.75, 3.05) is 0 Å². The molecule has 2 nitrogen and oxygen atoms in total. The van der Waals surface area contributed by atoms with Crippen molar-refractivity contribution in [3.63, 3.8) is 0 Å². The number of ether oxygens (including phenoxy) is 1. The molecule has 0 aliphatic rings. The zero-order valence-corrected chi connectivity index (χ0v) is 11.0. The van der Waals surface area contributed by atoms with Gasteiger partial charge in [-0.25, -0.2) is 0 Å². The number of benzene rings is 2. The number of hydrogen-bond donors (Lipinski definition) is 1. The summed E-state index contributed by atoms with van der Waals surface area (Å²) in [4.78, 5) is 0. The van der Waals surface area contributed by atoms with Gasteiger partial charge < -0.3 is 10.5 Å². The minimum Gasteiger partial charge on any atom is -0.457 e. The summed E-state index contributed by atoms with van der Waals surface area (Å²) in [6.07, 6.45) is -4.51. The van der Waals surface area contributed by atoms with Crippen LogP contribution < -0.4 is 10.5 Å². The molecule has 0 bridgehead atoms. The summed E-state index contributed by atoms with van der Waals surface area (Å²) in [5.41, 5.74) is 5.44. The Morgan fingerprint density at radius 1 is 1.00 bits per heavy atom. The molecule has 0 aliphatic carbocycles. The van der Waals surface area contributed by atoms with Crippen LogP contribution in [0.25, 0.3) is 0 Å². The molecule has 0 spiro atoms. The fourth-order valence-corrected chi connectivity index (χ4v) is 1.84. The van der Waals surface area contributed by atoms with Gasteiger partial charge in [0.2, 0.25) is 0 Å². The molecule has 0 heterocycles. The third-order valence-electron chi connectivity index (χ3n) is 2.64. The van der Waals surface area contributed by atoms with Gasteiger partial charge in [0.15, 0.2) is 0 Å². The molecule has 2 aromatic rings. The first kappa shape index (κ1) is 14.7. The summed E-state index contributed by atoms with van der Waals surface area (Å²) in [5.74, 6) is 0.500. The van der Waals surface area contributed by atoms with Crippen molar-refractivity contribution in [1.29, 1.82) is 0 Å². The predicted octanol–water partition coefficient (Wildman–Crippen LogP) is 4.61. The normalized spacial score (nSPS) is 11.4. The van der Waals surface area contributed by atoms with Crippen molar-refractivity contribution in [3.05, 3.63) is 58.6 Å². The Morgan fingerprint density at radius 3 is 2.15 bits per heavy atom. The van der Waals surface area contributed by atoms with Crippen molar-refractivity contribution in [2.24, 2.45) is 5.73 Å². The fraction of sp³-hybridized carbons (Fsp3) is 0.143. The minimum atomic E-state index is -4.51. The van der Waals surface area contributed by atoms with E-state index in [1.54, 1.807) is 24.3 Å². The van der Waals surface area contributed by atoms with Gasteiger partial charge in [-0.15, -0.1) is 0 Å². The van der Waals surface area contributed by atoms with E-state index in [2.05, 4.69) is 0 Å². The molecule has 2 rings (SSSR count). The highest BCUT2D eigenvalue weighted by Gasteiger charge is 2.33. The second-order valence-electron chi connectivity index (χ2n) is 4.09. The van der Waals surface area contributed by atoms with Crippen LogP contribution in [0.1, 0.15) is 11.1 Å². The lowest BCUT2D eigenvalue weighted by atomic mass is 10.2. The largest absolute Gasteiger partial charge is 0.457 e. The summed E-state index contributed by atoms with van der Waals surface area (Å²) in [6, 6.07) is 10.2. The second kappa shape index (κ2) is 5.73. The van der Waals surface area contributed by atoms with Crippen LogP contribution in [0.3, 0.4) is 0 Å². The monoisotopic (exact) mass is 301 g/mol. The second-order valence-corrected chi connectivity index (χ2v) is 4.50. The maximum atomic E-state index is 12.7. The van der Waals surface area contributed by atoms with Gasteiger partial charge in [0.1, 0.15) is 11.5 Å². The lowest BCUT2D eigenvalue weighted by Gasteiger charge is -2.12. The molecular formula is C14H11ClF3NO. The van der Waals surface area contributed by atoms with Crippen LogP contribution in [0.15, 0.2) is 42.5 Å². The summed E-state index contributed by atoms with van der Waals surface area (Å²) in [7, 11) is 0. The van der Waals surface area contributed by atoms with E-state index < -0.39 is 11.7 Å². The Bertz CT molecular complexity index is 596. The van der Waals surface area contributed by atoms with Crippen LogP contribution >= 0.6 is 11.6 Å². The third-order valence-corrected chi connectivity index (χ3v) is 2.97. The standard InChI is InChI=1S/C14H11ClF3NO/c15-13-6-5-11(7-12(13)14(16,17)18)20-10-3-1-9(8-19)2-4-10/h1-7H,8,19H2. The van der Waals surface area contributed by atoms with E-state index in [0.717, 1.165) is 17.7 Å². The molecule has 0 fully saturated rings. The van der Waals surface area contributed by atoms with E-state index in [4.69, 9.17) is 22.1 Å². The SMILES string of the molecule is NCc1ccc(Oc2ccc(Cl)c(C(F)(F)F)c2)cc1. The zero-order chi connectivity index (χ0) is 14.8. The minimum absolute atomic E-state index is 0.0715. The van der Waals surface area contributed by atoms with Gasteiger partial charge in [0.05, 0.1) is 10.6 Å². The average molecular weight is 302 g/mol. The quantitative estimate of drug-likeness (QED) is 0.898. The summed E-state index contributed by atoms with van der Waals surface area (Å²) >= 11 is 5.53. The van der Waals surface area contributed by atoms with Crippen molar-refractivity contribution in [1.82, 2.24) is 0 Å². The number of nitrogens with two attached hydrogens (primary N) is 1. The summed E-state index contributed by atoms with van der Waals surface area (Å²) in [6.45, 7) is 0.388. The predicted molar refractivity (Wildman–Crippen MR) is 70.9 cm³/mol. The molecule has 0 aromatic heterocycles. The molecule has 0 radical (unpaired) electrons. The first-order valence-corrected chi connectivity index (χ1v) is 6.11. The molecule has 2 N–H and O–H groups in total. The lowest BCUT2D eigenvalue weighted by Crippen LogP contribution is -2.05. The van der Waals surface area contributed by atoms with E-state index >= 15 is 0 Å². The highest BCUT2D eigenvalue weighted by atomic mass is 35.5. The highest BCUT2D eigenvalue weighted by Crippen LogP contribution is 2.37. The first-order chi connectivity index (χ1) is 9.40. The van der Waals surface area contributed by atoms with Gasteiger partial charge in [-0.3, -0.25) is 0 Å². The first-order valence-electron chi connectivity index (χ1n) is 5.74. The van der Waals surface area contributed by atoms with Gasteiger partial charge in [-0.2, -0.15) is 13.2 Å². The van der Waals surface area contributed by atoms with Crippen molar-refractivity contribution >= 4 is 11.6 Å². The maximum Gasteiger partial charge on any atom is 0.417 e. The Kier molecular flexibility index (Phi) is 4.20. The summed E-state index contributed by atoms with van der Waals surface area (Å²) < 4.78 is 43.5. The van der Waals surface area contributed by atoms with Gasteiger partial charge in [-0.05, 0) is 35.9 Å². The number of alkyl halides is 3. The van der Waals surface area contributed by atoms with E-state index in [1.165, 1.54) is 6.07 Å². The molecule has 2 aromatic carbocycles. The molecule has 106 valence electrons. The average Bonchev–Trinajstić information content (AvgIpc) is 2.40. The van der Waals surface area contributed by atoms with Crippen LogP contribution in [0.2, 0.25) is 5.02 Å². The highest BCUT2D eigenvalue weighted by molar-refractivity contribution is 6.31. The van der Waals surface area contributed by atoms with Crippen molar-refractivity contribution < 1.29 is 17.9 Å². The Hall–Kier alpha value is -1.72. The lowest BCUT2D eigenvalue weighted by molar-refractivity contribution is -0.137. The van der Waals surface area contributed by atoms with E-state index in [-0.39, 0.29) is 10.8 Å². The van der Waals surface area contributed by atoms with Gasteiger partial charge in [0, 0.05) is 6.54 Å². The molecule has 6 heteroatoms. The Balaban J connectivity index is 2.25. The zero-order valence-electron chi connectivity index (χ0n) is 10.2. The smallest absolute Gasteiger partial charge is 0.417 e. The molecule has 0 saturated carbocycles. The third kappa shape index (κ3) is 3.43. The fourth-order valence-electron chi connectivity index (χ4n) is 1.61. The molecule has 0 aliphatic heterocycles. The Morgan fingerprint density at radius 2 is 1.60 bits per heavy atom. The summed E-state index contributed by atoms with van der Waals surface area (Å²) in [5, 5.41) is -0.358. The van der Waals surface area contributed by atoms with Crippen LogP contribution in [-0.2, 0) is 12.7 Å². The van der Waals surface area contributed by atoms with E-state index in [0.29, 0.717) is 12.3 Å². The van der Waals surface area contributed by atoms with Crippen LogP contribution in [0, 0.1) is 0 Å². The van der Waals surface area contributed by atoms with Gasteiger partial charge in [0.25, 0.3) is 0 Å². The molecular weight excluding hydrogens is 291 g/mol.